The Labute approximate surface area is 356 Å². The third-order valence-corrected chi connectivity index (χ3v) is 11.5. The fourth-order valence-corrected chi connectivity index (χ4v) is 7.63. The lowest BCUT2D eigenvalue weighted by Gasteiger charge is -2.40. The zero-order chi connectivity index (χ0) is 43.5. The summed E-state index contributed by atoms with van der Waals surface area (Å²) in [6.07, 6.45) is 13.5. The second-order valence-electron chi connectivity index (χ2n) is 16.6. The van der Waals surface area contributed by atoms with Crippen LogP contribution in [0.2, 0.25) is 0 Å². The molecule has 11 nitrogen and oxygen atoms in total. The van der Waals surface area contributed by atoms with Gasteiger partial charge in [0.25, 0.3) is 0 Å². The minimum atomic E-state index is -1.63. The van der Waals surface area contributed by atoms with Gasteiger partial charge in [-0.2, -0.15) is 0 Å². The summed E-state index contributed by atoms with van der Waals surface area (Å²) in [5, 5.41) is 65.1. The monoisotopic (exact) mass is 852 g/mol. The lowest BCUT2D eigenvalue weighted by atomic mass is 9.98. The van der Waals surface area contributed by atoms with E-state index in [0.717, 1.165) is 94.7 Å². The van der Waals surface area contributed by atoms with Crippen molar-refractivity contribution in [1.82, 2.24) is 5.32 Å². The van der Waals surface area contributed by atoms with Crippen molar-refractivity contribution >= 4 is 5.91 Å². The number of hydrogen-bond acceptors (Lipinski definition) is 10. The fourth-order valence-electron chi connectivity index (χ4n) is 7.63. The molecule has 7 N–H and O–H groups in total. The molecule has 2 unspecified atom stereocenters. The summed E-state index contributed by atoms with van der Waals surface area (Å²) in [4.78, 5) is 13.0. The first-order valence-electron chi connectivity index (χ1n) is 22.8. The van der Waals surface area contributed by atoms with Gasteiger partial charge in [0, 0.05) is 12.5 Å². The second kappa shape index (κ2) is 30.3. The summed E-state index contributed by atoms with van der Waals surface area (Å²) >= 11 is 0. The van der Waals surface area contributed by atoms with Gasteiger partial charge in [-0.1, -0.05) is 135 Å². The molecule has 0 spiro atoms. The number of aryl methyl sites for hydroxylation is 1. The molecule has 0 saturated carbocycles. The average molecular weight is 852 g/mol. The summed E-state index contributed by atoms with van der Waals surface area (Å²) in [7, 11) is 0. The van der Waals surface area contributed by atoms with E-state index in [1.807, 2.05) is 12.1 Å². The molecule has 342 valence electrons. The van der Waals surface area contributed by atoms with Crippen molar-refractivity contribution in [1.29, 1.82) is 0 Å². The van der Waals surface area contributed by atoms with Crippen molar-refractivity contribution in [2.24, 2.45) is 0 Å². The van der Waals surface area contributed by atoms with Gasteiger partial charge in [-0.3, -0.25) is 4.79 Å². The van der Waals surface area contributed by atoms with Gasteiger partial charge in [0.15, 0.2) is 17.9 Å². The van der Waals surface area contributed by atoms with Crippen LogP contribution in [0.25, 0.3) is 0 Å². The lowest BCUT2D eigenvalue weighted by Crippen LogP contribution is -2.60. The number of aliphatic hydroxyl groups is 6. The van der Waals surface area contributed by atoms with Crippen LogP contribution in [0.1, 0.15) is 154 Å². The van der Waals surface area contributed by atoms with Crippen LogP contribution in [-0.2, 0) is 20.7 Å². The molecule has 2 aromatic rings. The van der Waals surface area contributed by atoms with Crippen molar-refractivity contribution in [3.8, 4) is 11.5 Å². The van der Waals surface area contributed by atoms with Crippen LogP contribution < -0.4 is 10.1 Å². The van der Waals surface area contributed by atoms with Crippen LogP contribution in [-0.4, -0.2) is 98.7 Å². The van der Waals surface area contributed by atoms with Crippen LogP contribution in [0.4, 0.5) is 8.78 Å². The fraction of sp³-hybridized carbons (Fsp3) is 0.723. The van der Waals surface area contributed by atoms with E-state index in [1.54, 1.807) is 12.1 Å². The summed E-state index contributed by atoms with van der Waals surface area (Å²) in [5.41, 5.74) is 1.16. The number of nitrogens with one attached hydrogen (secondary N) is 1. The SMILES string of the molecule is CCCCCCCCCCCCCC[C@@H](O)[C@@H](O)[C@H](CO[C@H]1OC(CO)[C@H](O)[C@H](O)C1O)NC(=O)CCCCCCCCCCc1ccc(Oc2ccc(F)cc2F)cc1. The van der Waals surface area contributed by atoms with E-state index in [1.165, 1.54) is 57.4 Å². The number of unbranched alkanes of at least 4 members (excludes halogenated alkanes) is 18. The Hall–Kier alpha value is -2.75. The van der Waals surface area contributed by atoms with Crippen LogP contribution in [0.3, 0.4) is 0 Å². The number of benzene rings is 2. The van der Waals surface area contributed by atoms with Gasteiger partial charge >= 0.3 is 0 Å². The topological polar surface area (TPSA) is 178 Å². The van der Waals surface area contributed by atoms with Gasteiger partial charge in [0.1, 0.15) is 42.1 Å². The third kappa shape index (κ3) is 20.0. The van der Waals surface area contributed by atoms with E-state index in [9.17, 15) is 44.2 Å². The third-order valence-electron chi connectivity index (χ3n) is 11.5. The molecular weight excluding hydrogens is 777 g/mol. The van der Waals surface area contributed by atoms with Crippen molar-refractivity contribution in [3.05, 3.63) is 59.7 Å². The highest BCUT2D eigenvalue weighted by atomic mass is 19.1. The number of halogens is 2. The molecule has 8 atom stereocenters. The summed E-state index contributed by atoms with van der Waals surface area (Å²) < 4.78 is 43.7. The summed E-state index contributed by atoms with van der Waals surface area (Å²) in [6, 6.07) is 9.64. The van der Waals surface area contributed by atoms with Gasteiger partial charge < -0.3 is 50.2 Å². The first-order valence-corrected chi connectivity index (χ1v) is 22.8. The average Bonchev–Trinajstić information content (AvgIpc) is 3.24. The zero-order valence-electron chi connectivity index (χ0n) is 35.9. The molecule has 1 amide bonds. The Balaban J connectivity index is 1.32. The molecule has 0 radical (unpaired) electrons. The second-order valence-corrected chi connectivity index (χ2v) is 16.6. The van der Waals surface area contributed by atoms with Crippen LogP contribution in [0.15, 0.2) is 42.5 Å². The smallest absolute Gasteiger partial charge is 0.220 e. The highest BCUT2D eigenvalue weighted by molar-refractivity contribution is 5.76. The normalized spacial score (nSPS) is 20.8. The maximum atomic E-state index is 13.9. The first-order chi connectivity index (χ1) is 29.0. The number of carbonyl (C=O) groups is 1. The summed E-state index contributed by atoms with van der Waals surface area (Å²) in [6.45, 7) is 1.26. The largest absolute Gasteiger partial charge is 0.454 e. The van der Waals surface area contributed by atoms with Gasteiger partial charge in [0.2, 0.25) is 5.91 Å². The van der Waals surface area contributed by atoms with Gasteiger partial charge in [-0.15, -0.1) is 0 Å². The van der Waals surface area contributed by atoms with Crippen LogP contribution in [0, 0.1) is 11.6 Å². The number of rotatable bonds is 33. The van der Waals surface area contributed by atoms with Crippen LogP contribution in [0.5, 0.6) is 11.5 Å². The maximum Gasteiger partial charge on any atom is 0.220 e. The van der Waals surface area contributed by atoms with E-state index < -0.39 is 67.2 Å². The van der Waals surface area contributed by atoms with E-state index in [0.29, 0.717) is 18.6 Å². The molecule has 1 saturated heterocycles. The Morgan fingerprint density at radius 3 is 1.88 bits per heavy atom. The Bertz CT molecular complexity index is 1420. The molecule has 1 aliphatic heterocycles. The molecule has 13 heteroatoms. The summed E-state index contributed by atoms with van der Waals surface area (Å²) in [5.74, 6) is -1.25. The first kappa shape index (κ1) is 51.6. The standard InChI is InChI=1S/C47H75F2NO10/c1-2-3-4-5-6-7-8-9-10-14-17-20-23-39(52)43(54)38(33-58-47-46(57)45(56)44(55)41(32-51)60-47)50-42(53)24-21-18-15-12-11-13-16-19-22-34-25-28-36(29-26-34)59-40-30-27-35(48)31-37(40)49/h25-31,38-39,41,43-47,51-52,54-57H,2-24,32-33H2,1H3,(H,50,53)/t38-,39+,41?,43-,44-,45-,46?,47-/m0/s1. The Morgan fingerprint density at radius 1 is 0.733 bits per heavy atom. The lowest BCUT2D eigenvalue weighted by molar-refractivity contribution is -0.303. The highest BCUT2D eigenvalue weighted by Crippen LogP contribution is 2.26. The minimum absolute atomic E-state index is 0.0228. The van der Waals surface area contributed by atoms with Gasteiger partial charge in [-0.05, 0) is 55.5 Å². The van der Waals surface area contributed by atoms with E-state index in [4.69, 9.17) is 14.2 Å². The van der Waals surface area contributed by atoms with Crippen molar-refractivity contribution < 1.29 is 58.4 Å². The maximum absolute atomic E-state index is 13.9. The van der Waals surface area contributed by atoms with Crippen molar-refractivity contribution in [2.45, 2.75) is 204 Å². The van der Waals surface area contributed by atoms with Crippen molar-refractivity contribution in [3.63, 3.8) is 0 Å². The zero-order valence-corrected chi connectivity index (χ0v) is 35.9. The molecule has 1 heterocycles. The molecule has 0 bridgehead atoms. The molecule has 60 heavy (non-hydrogen) atoms. The number of aliphatic hydroxyl groups excluding tert-OH is 6. The molecule has 1 aliphatic rings. The number of ether oxygens (including phenoxy) is 3. The molecule has 0 aliphatic carbocycles. The predicted molar refractivity (Wildman–Crippen MR) is 227 cm³/mol. The van der Waals surface area contributed by atoms with E-state index in [2.05, 4.69) is 12.2 Å². The minimum Gasteiger partial charge on any atom is -0.454 e. The van der Waals surface area contributed by atoms with Gasteiger partial charge in [-0.25, -0.2) is 8.78 Å². The Kier molecular flexibility index (Phi) is 26.1. The number of carbonyl (C=O) groups excluding carboxylic acids is 1. The molecule has 1 fully saturated rings. The quantitative estimate of drug-likeness (QED) is 0.0349. The molecule has 3 rings (SSSR count). The van der Waals surface area contributed by atoms with E-state index in [-0.39, 0.29) is 24.7 Å². The number of amides is 1. The van der Waals surface area contributed by atoms with E-state index >= 15 is 0 Å². The van der Waals surface area contributed by atoms with Crippen molar-refractivity contribution in [2.75, 3.05) is 13.2 Å². The highest BCUT2D eigenvalue weighted by Gasteiger charge is 2.44. The molecular formula is C47H75F2NO10. The molecule has 0 aromatic heterocycles. The van der Waals surface area contributed by atoms with Gasteiger partial charge in [0.05, 0.1) is 25.4 Å². The predicted octanol–water partition coefficient (Wildman–Crippen LogP) is 7.92. The number of hydrogen-bond donors (Lipinski definition) is 7. The molecule has 2 aromatic carbocycles. The Morgan fingerprint density at radius 2 is 1.30 bits per heavy atom. The van der Waals surface area contributed by atoms with Crippen LogP contribution >= 0.6 is 0 Å².